The third-order valence-electron chi connectivity index (χ3n) is 4.28. The largest absolute Gasteiger partial charge is 0.497 e. The minimum Gasteiger partial charge on any atom is -0.497 e. The highest BCUT2D eigenvalue weighted by Gasteiger charge is 2.38. The second kappa shape index (κ2) is 7.88. The van der Waals surface area contributed by atoms with Crippen LogP contribution in [0.5, 0.6) is 5.75 Å². The predicted octanol–water partition coefficient (Wildman–Crippen LogP) is 3.54. The lowest BCUT2D eigenvalue weighted by molar-refractivity contribution is -0.140. The van der Waals surface area contributed by atoms with Crippen LogP contribution in [-0.4, -0.2) is 43.2 Å². The molecule has 0 radical (unpaired) electrons. The average Bonchev–Trinajstić information content (AvgIpc) is 3.14. The molecule has 3 rings (SSSR count). The van der Waals surface area contributed by atoms with E-state index in [2.05, 4.69) is 10.2 Å². The average molecular weight is 426 g/mol. The van der Waals surface area contributed by atoms with Crippen LogP contribution in [0.25, 0.3) is 22.4 Å². The highest BCUT2D eigenvalue weighted by molar-refractivity contribution is 7.91. The van der Waals surface area contributed by atoms with E-state index in [-0.39, 0.29) is 21.7 Å². The molecule has 0 atom stereocenters. The molecular formula is C19H17F3N2O4S. The number of H-pyrrole nitrogens is 1. The molecule has 0 saturated heterocycles. The summed E-state index contributed by atoms with van der Waals surface area (Å²) in [5, 5.41) is 14.7. The molecule has 2 N–H and O–H groups in total. The van der Waals surface area contributed by atoms with Crippen molar-refractivity contribution >= 4 is 9.84 Å². The number of hydrogen-bond donors (Lipinski definition) is 2. The van der Waals surface area contributed by atoms with Crippen molar-refractivity contribution in [2.75, 3.05) is 19.5 Å². The summed E-state index contributed by atoms with van der Waals surface area (Å²) < 4.78 is 69.6. The maximum atomic E-state index is 13.5. The number of ether oxygens (including phenoxy) is 1. The molecule has 0 saturated carbocycles. The van der Waals surface area contributed by atoms with E-state index in [1.54, 1.807) is 0 Å². The molecule has 0 bridgehead atoms. The van der Waals surface area contributed by atoms with Gasteiger partial charge in [0.05, 0.1) is 30.1 Å². The lowest BCUT2D eigenvalue weighted by Gasteiger charge is -2.10. The molecule has 0 spiro atoms. The molecule has 10 heteroatoms. The fourth-order valence-electron chi connectivity index (χ4n) is 2.86. The third-order valence-corrected chi connectivity index (χ3v) is 5.99. The minimum absolute atomic E-state index is 0.0307. The lowest BCUT2D eigenvalue weighted by atomic mass is 9.98. The van der Waals surface area contributed by atoms with Gasteiger partial charge in [0, 0.05) is 11.1 Å². The Labute approximate surface area is 164 Å². The molecule has 1 aromatic heterocycles. The minimum atomic E-state index is -4.69. The van der Waals surface area contributed by atoms with Gasteiger partial charge in [-0.1, -0.05) is 24.3 Å². The number of aliphatic hydroxyl groups is 1. The number of benzene rings is 2. The van der Waals surface area contributed by atoms with Gasteiger partial charge in [-0.15, -0.1) is 0 Å². The summed E-state index contributed by atoms with van der Waals surface area (Å²) in [6.07, 6.45) is -4.69. The lowest BCUT2D eigenvalue weighted by Crippen LogP contribution is -2.09. The number of sulfone groups is 1. The van der Waals surface area contributed by atoms with Gasteiger partial charge in [-0.3, -0.25) is 5.10 Å². The van der Waals surface area contributed by atoms with Crippen molar-refractivity contribution in [2.45, 2.75) is 11.1 Å². The quantitative estimate of drug-likeness (QED) is 0.629. The van der Waals surface area contributed by atoms with Crippen molar-refractivity contribution in [3.05, 3.63) is 54.2 Å². The Morgan fingerprint density at radius 2 is 1.62 bits per heavy atom. The number of nitrogens with zero attached hydrogens (tertiary/aromatic N) is 1. The maximum Gasteiger partial charge on any atom is 0.435 e. The van der Waals surface area contributed by atoms with Crippen LogP contribution in [0.2, 0.25) is 0 Å². The number of alkyl halides is 3. The van der Waals surface area contributed by atoms with Gasteiger partial charge in [-0.05, 0) is 29.8 Å². The second-order valence-electron chi connectivity index (χ2n) is 6.12. The van der Waals surface area contributed by atoms with Crippen LogP contribution in [0, 0.1) is 0 Å². The molecule has 6 nitrogen and oxygen atoms in total. The number of halogens is 3. The molecule has 0 aliphatic heterocycles. The second-order valence-corrected chi connectivity index (χ2v) is 8.22. The van der Waals surface area contributed by atoms with Crippen molar-refractivity contribution in [2.24, 2.45) is 0 Å². The van der Waals surface area contributed by atoms with Gasteiger partial charge in [0.25, 0.3) is 0 Å². The summed E-state index contributed by atoms with van der Waals surface area (Å²) >= 11 is 0. The number of aliphatic hydroxyl groups excluding tert-OH is 1. The molecule has 0 aliphatic carbocycles. The topological polar surface area (TPSA) is 92.3 Å². The van der Waals surface area contributed by atoms with E-state index in [4.69, 9.17) is 9.84 Å². The SMILES string of the molecule is COc1ccc(-c2c(C(F)(F)F)n[nH]c2-c2ccc(S(=O)(=O)CCO)cc2)cc1. The van der Waals surface area contributed by atoms with E-state index < -0.39 is 34.1 Å². The Bertz CT molecular complexity index is 1090. The first-order valence-electron chi connectivity index (χ1n) is 8.41. The first-order chi connectivity index (χ1) is 13.7. The molecule has 2 aromatic carbocycles. The predicted molar refractivity (Wildman–Crippen MR) is 100 cm³/mol. The monoisotopic (exact) mass is 426 g/mol. The summed E-state index contributed by atoms with van der Waals surface area (Å²) in [4.78, 5) is -0.0307. The summed E-state index contributed by atoms with van der Waals surface area (Å²) in [5.41, 5.74) is -0.505. The Morgan fingerprint density at radius 1 is 1.03 bits per heavy atom. The molecule has 154 valence electrons. The Balaban J connectivity index is 2.11. The van der Waals surface area contributed by atoms with E-state index >= 15 is 0 Å². The van der Waals surface area contributed by atoms with Gasteiger partial charge in [0.1, 0.15) is 5.75 Å². The molecule has 1 heterocycles. The number of aromatic nitrogens is 2. The van der Waals surface area contributed by atoms with E-state index in [9.17, 15) is 21.6 Å². The van der Waals surface area contributed by atoms with Crippen molar-refractivity contribution in [1.82, 2.24) is 10.2 Å². The molecule has 3 aromatic rings. The molecule has 0 unspecified atom stereocenters. The van der Waals surface area contributed by atoms with E-state index in [1.807, 2.05) is 0 Å². The molecule has 29 heavy (non-hydrogen) atoms. The maximum absolute atomic E-state index is 13.5. The zero-order valence-corrected chi connectivity index (χ0v) is 16.0. The zero-order valence-electron chi connectivity index (χ0n) is 15.2. The van der Waals surface area contributed by atoms with Crippen LogP contribution in [0.1, 0.15) is 5.69 Å². The number of methoxy groups -OCH3 is 1. The highest BCUT2D eigenvalue weighted by Crippen LogP contribution is 2.41. The van der Waals surface area contributed by atoms with Crippen molar-refractivity contribution in [3.8, 4) is 28.1 Å². The number of aromatic amines is 1. The van der Waals surface area contributed by atoms with E-state index in [0.29, 0.717) is 11.3 Å². The number of rotatable bonds is 6. The Kier molecular flexibility index (Phi) is 5.67. The van der Waals surface area contributed by atoms with Crippen LogP contribution >= 0.6 is 0 Å². The number of nitrogens with one attached hydrogen (secondary N) is 1. The smallest absolute Gasteiger partial charge is 0.435 e. The third kappa shape index (κ3) is 4.28. The van der Waals surface area contributed by atoms with Crippen molar-refractivity contribution < 1.29 is 31.4 Å². The fourth-order valence-corrected chi connectivity index (χ4v) is 3.89. The first kappa shape index (κ1) is 20.9. The molecule has 0 amide bonds. The van der Waals surface area contributed by atoms with Gasteiger partial charge in [0.15, 0.2) is 15.5 Å². The molecular weight excluding hydrogens is 409 g/mol. The van der Waals surface area contributed by atoms with Crippen molar-refractivity contribution in [1.29, 1.82) is 0 Å². The van der Waals surface area contributed by atoms with Crippen LogP contribution in [0.3, 0.4) is 0 Å². The van der Waals surface area contributed by atoms with Gasteiger partial charge in [-0.2, -0.15) is 18.3 Å². The van der Waals surface area contributed by atoms with E-state index in [1.165, 1.54) is 55.6 Å². The fraction of sp³-hybridized carbons (Fsp3) is 0.211. The summed E-state index contributed by atoms with van der Waals surface area (Å²) in [7, 11) is -2.22. The Hall–Kier alpha value is -2.85. The van der Waals surface area contributed by atoms with Crippen molar-refractivity contribution in [3.63, 3.8) is 0 Å². The Morgan fingerprint density at radius 3 is 2.14 bits per heavy atom. The summed E-state index contributed by atoms with van der Waals surface area (Å²) in [6, 6.07) is 11.4. The number of hydrogen-bond acceptors (Lipinski definition) is 5. The normalized spacial score (nSPS) is 12.2. The van der Waals surface area contributed by atoms with Crippen LogP contribution in [0.15, 0.2) is 53.4 Å². The summed E-state index contributed by atoms with van der Waals surface area (Å²) in [5.74, 6) is 0.0527. The van der Waals surface area contributed by atoms with Crippen LogP contribution in [-0.2, 0) is 16.0 Å². The van der Waals surface area contributed by atoms with Crippen LogP contribution in [0.4, 0.5) is 13.2 Å². The molecule has 0 fully saturated rings. The van der Waals surface area contributed by atoms with E-state index in [0.717, 1.165) is 0 Å². The zero-order chi connectivity index (χ0) is 21.2. The van der Waals surface area contributed by atoms with Gasteiger partial charge in [0.2, 0.25) is 0 Å². The highest BCUT2D eigenvalue weighted by atomic mass is 32.2. The molecule has 0 aliphatic rings. The van der Waals surface area contributed by atoms with Gasteiger partial charge >= 0.3 is 6.18 Å². The standard InChI is InChI=1S/C19H17F3N2O4S/c1-28-14-6-2-12(3-7-14)16-17(23-24-18(16)19(20,21)22)13-4-8-15(9-5-13)29(26,27)11-10-25/h2-9,25H,10-11H2,1H3,(H,23,24). The van der Waals surface area contributed by atoms with Gasteiger partial charge < -0.3 is 9.84 Å². The first-order valence-corrected chi connectivity index (χ1v) is 10.1. The summed E-state index contributed by atoms with van der Waals surface area (Å²) in [6.45, 7) is -0.527. The van der Waals surface area contributed by atoms with Gasteiger partial charge in [-0.25, -0.2) is 8.42 Å². The van der Waals surface area contributed by atoms with Crippen LogP contribution < -0.4 is 4.74 Å².